The van der Waals surface area contributed by atoms with Gasteiger partial charge in [-0.3, -0.25) is 4.79 Å². The minimum atomic E-state index is -0.324. The minimum Gasteiger partial charge on any atom is -0.351 e. The summed E-state index contributed by atoms with van der Waals surface area (Å²) in [5, 5.41) is 5.68. The number of nitrogens with zero attached hydrogens (tertiary/aromatic N) is 1. The van der Waals surface area contributed by atoms with Gasteiger partial charge in [-0.05, 0) is 64.8 Å². The molecule has 1 aliphatic carbocycles. The summed E-state index contributed by atoms with van der Waals surface area (Å²) in [6, 6.07) is 21.0. The minimum absolute atomic E-state index is 0.138. The maximum absolute atomic E-state index is 13.0. The molecule has 1 saturated carbocycles. The van der Waals surface area contributed by atoms with Gasteiger partial charge < -0.3 is 10.2 Å². The van der Waals surface area contributed by atoms with Crippen molar-refractivity contribution in [2.24, 2.45) is 11.8 Å². The van der Waals surface area contributed by atoms with Gasteiger partial charge in [-0.1, -0.05) is 42.5 Å². The van der Waals surface area contributed by atoms with Gasteiger partial charge >= 0.3 is 0 Å². The molecule has 1 amide bonds. The van der Waals surface area contributed by atoms with Gasteiger partial charge in [0.15, 0.2) is 0 Å². The predicted molar refractivity (Wildman–Crippen MR) is 113 cm³/mol. The van der Waals surface area contributed by atoms with Gasteiger partial charge in [-0.2, -0.15) is 0 Å². The van der Waals surface area contributed by atoms with Crippen LogP contribution in [0.15, 0.2) is 66.7 Å². The third-order valence-corrected chi connectivity index (χ3v) is 6.68. The fourth-order valence-electron chi connectivity index (χ4n) is 5.14. The first-order valence-corrected chi connectivity index (χ1v) is 10.4. The summed E-state index contributed by atoms with van der Waals surface area (Å²) < 4.78 is 13.0. The molecule has 2 aliphatic rings. The lowest BCUT2D eigenvalue weighted by Gasteiger charge is -2.40. The Morgan fingerprint density at radius 2 is 1.79 bits per heavy atom. The van der Waals surface area contributed by atoms with Crippen molar-refractivity contribution in [2.45, 2.75) is 12.3 Å². The standard InChI is InChI=1S/C25H25FN2O/c26-20-10-8-18(9-11-20)25(29)27-12-13-28-15-19-14-23(24(19)16-28)22-7-3-5-17-4-1-2-6-21(17)22/h1-11,19,23-24H,12-16H2,(H,27,29). The summed E-state index contributed by atoms with van der Waals surface area (Å²) >= 11 is 0. The quantitative estimate of drug-likeness (QED) is 0.701. The van der Waals surface area contributed by atoms with Crippen molar-refractivity contribution in [3.63, 3.8) is 0 Å². The van der Waals surface area contributed by atoms with E-state index in [1.807, 2.05) is 0 Å². The molecule has 3 aromatic rings. The van der Waals surface area contributed by atoms with Gasteiger partial charge in [0.1, 0.15) is 5.82 Å². The van der Waals surface area contributed by atoms with Gasteiger partial charge in [-0.15, -0.1) is 0 Å². The number of likely N-dealkylation sites (tertiary alicyclic amines) is 1. The van der Waals surface area contributed by atoms with Gasteiger partial charge in [0.05, 0.1) is 0 Å². The highest BCUT2D eigenvalue weighted by atomic mass is 19.1. The van der Waals surface area contributed by atoms with Crippen molar-refractivity contribution in [2.75, 3.05) is 26.2 Å². The second-order valence-corrected chi connectivity index (χ2v) is 8.36. The zero-order valence-electron chi connectivity index (χ0n) is 16.4. The predicted octanol–water partition coefficient (Wildman–Crippen LogP) is 4.44. The molecule has 1 saturated heterocycles. The Balaban J connectivity index is 1.17. The third kappa shape index (κ3) is 3.53. The Bertz CT molecular complexity index is 1030. The first-order chi connectivity index (χ1) is 14.2. The van der Waals surface area contributed by atoms with Gasteiger partial charge in [-0.25, -0.2) is 4.39 Å². The number of carbonyl (C=O) groups excluding carboxylic acids is 1. The first-order valence-electron chi connectivity index (χ1n) is 10.4. The topological polar surface area (TPSA) is 32.3 Å². The number of halogens is 1. The van der Waals surface area contributed by atoms with Crippen molar-refractivity contribution in [1.82, 2.24) is 10.2 Å². The zero-order valence-corrected chi connectivity index (χ0v) is 16.4. The van der Waals surface area contributed by atoms with Gasteiger partial charge in [0.25, 0.3) is 5.91 Å². The summed E-state index contributed by atoms with van der Waals surface area (Å²) in [7, 11) is 0. The third-order valence-electron chi connectivity index (χ3n) is 6.68. The Hall–Kier alpha value is -2.72. The van der Waals surface area contributed by atoms with E-state index in [1.54, 1.807) is 0 Å². The number of nitrogens with one attached hydrogen (secondary N) is 1. The van der Waals surface area contributed by atoms with Crippen LogP contribution in [0.25, 0.3) is 10.8 Å². The molecule has 0 aromatic heterocycles. The van der Waals surface area contributed by atoms with Gasteiger partial charge in [0, 0.05) is 31.7 Å². The van der Waals surface area contributed by atoms with Crippen molar-refractivity contribution in [3.8, 4) is 0 Å². The Morgan fingerprint density at radius 1 is 1.00 bits per heavy atom. The van der Waals surface area contributed by atoms with E-state index in [2.05, 4.69) is 52.7 Å². The highest BCUT2D eigenvalue weighted by molar-refractivity contribution is 5.94. The monoisotopic (exact) mass is 388 g/mol. The van der Waals surface area contributed by atoms with Crippen molar-refractivity contribution in [3.05, 3.63) is 83.7 Å². The van der Waals surface area contributed by atoms with Crippen LogP contribution in [-0.4, -0.2) is 37.0 Å². The summed E-state index contributed by atoms with van der Waals surface area (Å²) in [6.45, 7) is 3.71. The molecule has 3 aromatic carbocycles. The van der Waals surface area contributed by atoms with Crippen molar-refractivity contribution < 1.29 is 9.18 Å². The molecule has 1 N–H and O–H groups in total. The number of hydrogen-bond acceptors (Lipinski definition) is 2. The smallest absolute Gasteiger partial charge is 0.251 e. The van der Waals surface area contributed by atoms with E-state index in [0.29, 0.717) is 23.9 Å². The normalized spacial score (nSPS) is 23.6. The molecule has 3 atom stereocenters. The highest BCUT2D eigenvalue weighted by Gasteiger charge is 2.47. The molecule has 4 heteroatoms. The van der Waals surface area contributed by atoms with Crippen molar-refractivity contribution in [1.29, 1.82) is 0 Å². The lowest BCUT2D eigenvalue weighted by Crippen LogP contribution is -2.34. The molecule has 3 nitrogen and oxygen atoms in total. The van der Waals surface area contributed by atoms with E-state index in [9.17, 15) is 9.18 Å². The van der Waals surface area contributed by atoms with E-state index in [-0.39, 0.29) is 11.7 Å². The molecule has 0 spiro atoms. The summed E-state index contributed by atoms with van der Waals surface area (Å²) in [5.74, 6) is 1.67. The molecule has 148 valence electrons. The first kappa shape index (κ1) is 18.3. The molecule has 0 bridgehead atoms. The molecule has 5 rings (SSSR count). The number of amides is 1. The van der Waals surface area contributed by atoms with E-state index in [1.165, 1.54) is 47.0 Å². The molecule has 0 radical (unpaired) electrons. The van der Waals surface area contributed by atoms with E-state index < -0.39 is 0 Å². The van der Waals surface area contributed by atoms with E-state index in [0.717, 1.165) is 25.6 Å². The van der Waals surface area contributed by atoms with Crippen LogP contribution in [-0.2, 0) is 0 Å². The van der Waals surface area contributed by atoms with Crippen LogP contribution in [0.1, 0.15) is 28.3 Å². The van der Waals surface area contributed by atoms with Crippen LogP contribution < -0.4 is 5.32 Å². The largest absolute Gasteiger partial charge is 0.351 e. The molecule has 2 fully saturated rings. The molecule has 1 heterocycles. The number of benzene rings is 3. The fourth-order valence-corrected chi connectivity index (χ4v) is 5.14. The fraction of sp³-hybridized carbons (Fsp3) is 0.320. The number of carbonyl (C=O) groups is 1. The molecular formula is C25H25FN2O. The van der Waals surface area contributed by atoms with E-state index in [4.69, 9.17) is 0 Å². The van der Waals surface area contributed by atoms with E-state index >= 15 is 0 Å². The number of hydrogen-bond donors (Lipinski definition) is 1. The summed E-state index contributed by atoms with van der Waals surface area (Å²) in [6.07, 6.45) is 1.26. The number of rotatable bonds is 5. The Kier molecular flexibility index (Phi) is 4.80. The Morgan fingerprint density at radius 3 is 2.66 bits per heavy atom. The van der Waals surface area contributed by atoms with Crippen LogP contribution in [0.5, 0.6) is 0 Å². The zero-order chi connectivity index (χ0) is 19.8. The molecule has 1 aliphatic heterocycles. The second-order valence-electron chi connectivity index (χ2n) is 8.36. The lowest BCUT2D eigenvalue weighted by molar-refractivity contribution is 0.0949. The van der Waals surface area contributed by atoms with Crippen LogP contribution in [0.4, 0.5) is 4.39 Å². The van der Waals surface area contributed by atoms with Crippen LogP contribution in [0.2, 0.25) is 0 Å². The van der Waals surface area contributed by atoms with Crippen LogP contribution in [0.3, 0.4) is 0 Å². The second kappa shape index (κ2) is 7.60. The van der Waals surface area contributed by atoms with Crippen LogP contribution in [0, 0.1) is 17.7 Å². The summed E-state index contributed by atoms with van der Waals surface area (Å²) in [5.41, 5.74) is 2.00. The maximum Gasteiger partial charge on any atom is 0.251 e. The van der Waals surface area contributed by atoms with Crippen molar-refractivity contribution >= 4 is 16.7 Å². The summed E-state index contributed by atoms with van der Waals surface area (Å²) in [4.78, 5) is 14.7. The molecule has 3 unspecified atom stereocenters. The average Bonchev–Trinajstić information content (AvgIpc) is 3.05. The average molecular weight is 388 g/mol. The SMILES string of the molecule is O=C(NCCN1CC2CC(c3cccc4ccccc34)C2C1)c1ccc(F)cc1. The lowest BCUT2D eigenvalue weighted by atomic mass is 9.63. The molecule has 29 heavy (non-hydrogen) atoms. The maximum atomic E-state index is 13.0. The molecular weight excluding hydrogens is 363 g/mol. The van der Waals surface area contributed by atoms with Gasteiger partial charge in [0.2, 0.25) is 0 Å². The highest BCUT2D eigenvalue weighted by Crippen LogP contribution is 2.52. The number of fused-ring (bicyclic) bond motifs is 2. The van der Waals surface area contributed by atoms with Crippen LogP contribution >= 0.6 is 0 Å². The Labute approximate surface area is 170 Å².